The van der Waals surface area contributed by atoms with E-state index in [1.54, 1.807) is 0 Å². The number of anilines is 6. The van der Waals surface area contributed by atoms with Crippen LogP contribution in [0.5, 0.6) is 0 Å². The van der Waals surface area contributed by atoms with Gasteiger partial charge >= 0.3 is 0 Å². The van der Waals surface area contributed by atoms with Crippen LogP contribution in [0.4, 0.5) is 34.1 Å². The summed E-state index contributed by atoms with van der Waals surface area (Å²) in [5, 5.41) is 9.00. The topological polar surface area (TPSA) is 6.48 Å². The van der Waals surface area contributed by atoms with Gasteiger partial charge in [-0.25, -0.2) is 0 Å². The van der Waals surface area contributed by atoms with Crippen molar-refractivity contribution in [1.29, 1.82) is 0 Å². The van der Waals surface area contributed by atoms with Crippen molar-refractivity contribution < 1.29 is 0 Å². The van der Waals surface area contributed by atoms with E-state index in [0.29, 0.717) is 5.92 Å². The van der Waals surface area contributed by atoms with E-state index in [1.165, 1.54) is 142 Å². The molecule has 77 heavy (non-hydrogen) atoms. The maximum atomic E-state index is 2.62. The summed E-state index contributed by atoms with van der Waals surface area (Å²) >= 11 is 1.97. The fourth-order valence-electron chi connectivity index (χ4n) is 12.6. The summed E-state index contributed by atoms with van der Waals surface area (Å²) in [4.78, 5) is 5.23. The normalized spacial score (nSPS) is 13.2. The Hall–Kier alpha value is -8.18. The maximum absolute atomic E-state index is 2.62. The predicted octanol–water partition coefficient (Wildman–Crippen LogP) is 19.2. The Morgan fingerprint density at radius 3 is 1.57 bits per heavy atom. The molecule has 1 aromatic heterocycles. The standard InChI is InChI=1S/C73H61BN2S/c1-45(2)46-29-35-54(36-30-46)75-66-23-16-24-67-69(66)74(71-70(75)62-44-53(73(6,7)8)34-40-68(62)77-71)63-42-50(49-27-25-48(26-28-49)47-17-10-9-11-18-47)32-38-65(63)76(67)64-39-33-52(72(3,4)5)43-60(64)51-31-37-59-57-21-13-12-19-55(57)56-20-14-15-22-58(56)61(59)41-51/h9-45H,1-8H3. The minimum absolute atomic E-state index is 0.0123. The van der Waals surface area contributed by atoms with Gasteiger partial charge < -0.3 is 9.80 Å². The lowest BCUT2D eigenvalue weighted by Gasteiger charge is -2.43. The smallest absolute Gasteiger partial charge is 0.264 e. The Bertz CT molecular complexity index is 4290. The van der Waals surface area contributed by atoms with E-state index in [0.717, 1.165) is 0 Å². The van der Waals surface area contributed by atoms with E-state index < -0.39 is 0 Å². The third kappa shape index (κ3) is 7.66. The Kier molecular flexibility index (Phi) is 10.9. The Morgan fingerprint density at radius 2 is 0.922 bits per heavy atom. The lowest BCUT2D eigenvalue weighted by molar-refractivity contribution is 0.590. The second kappa shape index (κ2) is 17.7. The van der Waals surface area contributed by atoms with Gasteiger partial charge in [0.1, 0.15) is 0 Å². The van der Waals surface area contributed by atoms with Crippen molar-refractivity contribution in [1.82, 2.24) is 0 Å². The van der Waals surface area contributed by atoms with Crippen molar-refractivity contribution in [2.24, 2.45) is 0 Å². The predicted molar refractivity (Wildman–Crippen MR) is 336 cm³/mol. The molecule has 0 unspecified atom stereocenters. The van der Waals surface area contributed by atoms with Gasteiger partial charge in [0, 0.05) is 43.2 Å². The zero-order valence-electron chi connectivity index (χ0n) is 45.2. The van der Waals surface area contributed by atoms with Gasteiger partial charge in [-0.3, -0.25) is 0 Å². The molecular weight excluding hydrogens is 948 g/mol. The molecule has 11 aromatic carbocycles. The van der Waals surface area contributed by atoms with Gasteiger partial charge in [0.15, 0.2) is 0 Å². The lowest BCUT2D eigenvalue weighted by atomic mass is 9.36. The average Bonchev–Trinajstić information content (AvgIpc) is 4.12. The number of benzene rings is 11. The van der Waals surface area contributed by atoms with Crippen molar-refractivity contribution in [2.75, 3.05) is 9.80 Å². The Labute approximate surface area is 458 Å². The highest BCUT2D eigenvalue weighted by Gasteiger charge is 2.46. The first kappa shape index (κ1) is 47.3. The molecule has 2 aliphatic rings. The second-order valence-electron chi connectivity index (χ2n) is 23.9. The zero-order chi connectivity index (χ0) is 52.5. The van der Waals surface area contributed by atoms with Crippen LogP contribution in [0.25, 0.3) is 75.8 Å². The van der Waals surface area contributed by atoms with Crippen molar-refractivity contribution in [2.45, 2.75) is 72.1 Å². The molecule has 0 radical (unpaired) electrons. The summed E-state index contributed by atoms with van der Waals surface area (Å²) in [5.41, 5.74) is 21.1. The number of hydrogen-bond acceptors (Lipinski definition) is 3. The molecule has 4 heteroatoms. The molecular formula is C73H61BN2S. The molecule has 2 nitrogen and oxygen atoms in total. The third-order valence-electron chi connectivity index (χ3n) is 16.8. The van der Waals surface area contributed by atoms with E-state index in [1.807, 2.05) is 11.3 Å². The molecule has 3 heterocycles. The second-order valence-corrected chi connectivity index (χ2v) is 25.0. The fourth-order valence-corrected chi connectivity index (χ4v) is 13.9. The number of thiophene rings is 1. The van der Waals surface area contributed by atoms with E-state index in [2.05, 4.69) is 284 Å². The number of fused-ring (bicyclic) bond motifs is 12. The molecule has 2 aliphatic heterocycles. The van der Waals surface area contributed by atoms with Crippen LogP contribution < -0.4 is 25.5 Å². The number of hydrogen-bond donors (Lipinski definition) is 0. The van der Waals surface area contributed by atoms with E-state index in [9.17, 15) is 0 Å². The summed E-state index contributed by atoms with van der Waals surface area (Å²) in [7, 11) is 0. The van der Waals surface area contributed by atoms with Crippen LogP contribution in [0.15, 0.2) is 218 Å². The van der Waals surface area contributed by atoms with Gasteiger partial charge in [0.05, 0.1) is 11.4 Å². The van der Waals surface area contributed by atoms with E-state index >= 15 is 0 Å². The largest absolute Gasteiger partial charge is 0.311 e. The van der Waals surface area contributed by atoms with Crippen molar-refractivity contribution in [3.05, 3.63) is 235 Å². The van der Waals surface area contributed by atoms with Crippen molar-refractivity contribution >= 4 is 110 Å². The van der Waals surface area contributed by atoms with Crippen LogP contribution in [0, 0.1) is 0 Å². The molecule has 0 saturated carbocycles. The number of rotatable bonds is 6. The van der Waals surface area contributed by atoms with Gasteiger partial charge in [-0.15, -0.1) is 11.3 Å². The van der Waals surface area contributed by atoms with Gasteiger partial charge in [0.2, 0.25) is 0 Å². The van der Waals surface area contributed by atoms with Crippen LogP contribution in [-0.2, 0) is 10.8 Å². The molecule has 0 amide bonds. The number of nitrogens with zero attached hydrogens (tertiary/aromatic N) is 2. The summed E-state index contributed by atoms with van der Waals surface area (Å²) in [6.07, 6.45) is 0. The highest BCUT2D eigenvalue weighted by Crippen LogP contribution is 2.51. The molecule has 0 fully saturated rings. The Morgan fingerprint density at radius 1 is 0.390 bits per heavy atom. The molecule has 372 valence electrons. The lowest BCUT2D eigenvalue weighted by Crippen LogP contribution is -2.60. The minimum atomic E-state index is -0.0785. The molecule has 0 aliphatic carbocycles. The fraction of sp³-hybridized carbons (Fsp3) is 0.151. The quantitative estimate of drug-likeness (QED) is 0.121. The Balaban J connectivity index is 1.05. The highest BCUT2D eigenvalue weighted by molar-refractivity contribution is 7.33. The zero-order valence-corrected chi connectivity index (χ0v) is 46.1. The van der Waals surface area contributed by atoms with Gasteiger partial charge in [-0.1, -0.05) is 213 Å². The van der Waals surface area contributed by atoms with Gasteiger partial charge in [-0.05, 0) is 165 Å². The van der Waals surface area contributed by atoms with Crippen LogP contribution in [0.3, 0.4) is 0 Å². The van der Waals surface area contributed by atoms with Gasteiger partial charge in [-0.2, -0.15) is 0 Å². The van der Waals surface area contributed by atoms with Crippen LogP contribution >= 0.6 is 11.3 Å². The van der Waals surface area contributed by atoms with Crippen LogP contribution in [0.1, 0.15) is 78.0 Å². The van der Waals surface area contributed by atoms with Crippen molar-refractivity contribution in [3.63, 3.8) is 0 Å². The third-order valence-corrected chi connectivity index (χ3v) is 18.0. The molecule has 0 spiro atoms. The van der Waals surface area contributed by atoms with Crippen LogP contribution in [-0.4, -0.2) is 6.71 Å². The summed E-state index contributed by atoms with van der Waals surface area (Å²) in [6, 6.07) is 83.3. The first-order chi connectivity index (χ1) is 37.3. The first-order valence-corrected chi connectivity index (χ1v) is 28.3. The first-order valence-electron chi connectivity index (χ1n) is 27.5. The molecule has 0 saturated heterocycles. The van der Waals surface area contributed by atoms with Crippen LogP contribution in [0.2, 0.25) is 0 Å². The average molecular weight is 1010 g/mol. The maximum Gasteiger partial charge on any atom is 0.264 e. The summed E-state index contributed by atoms with van der Waals surface area (Å²) in [6.45, 7) is 18.6. The minimum Gasteiger partial charge on any atom is -0.311 e. The van der Waals surface area contributed by atoms with E-state index in [4.69, 9.17) is 0 Å². The molecule has 0 atom stereocenters. The SMILES string of the molecule is CC(C)c1ccc(N2c3cccc4c3B(c3cc(-c5ccc(-c6ccccc6)cc5)ccc3N4c3ccc(C(C)(C)C)cc3-c3ccc4c5ccccc5c5ccccc5c4c3)c3sc4ccc(C(C)(C)C)cc4c32)cc1. The molecule has 14 rings (SSSR count). The van der Waals surface area contributed by atoms with Gasteiger partial charge in [0.25, 0.3) is 6.71 Å². The summed E-state index contributed by atoms with van der Waals surface area (Å²) in [5.74, 6) is 0.430. The molecule has 0 bridgehead atoms. The highest BCUT2D eigenvalue weighted by atomic mass is 32.1. The van der Waals surface area contributed by atoms with E-state index in [-0.39, 0.29) is 17.5 Å². The molecule has 0 N–H and O–H groups in total. The molecule has 12 aromatic rings. The monoisotopic (exact) mass is 1010 g/mol. The van der Waals surface area contributed by atoms with Crippen molar-refractivity contribution in [3.8, 4) is 33.4 Å². The summed E-state index contributed by atoms with van der Waals surface area (Å²) < 4.78 is 2.70.